The van der Waals surface area contributed by atoms with Crippen molar-refractivity contribution in [2.24, 2.45) is 5.92 Å². The number of nitrogens with one attached hydrogen (secondary N) is 1. The lowest BCUT2D eigenvalue weighted by molar-refractivity contribution is -0.0431. The van der Waals surface area contributed by atoms with E-state index in [1.54, 1.807) is 0 Å². The van der Waals surface area contributed by atoms with Crippen molar-refractivity contribution >= 4 is 5.69 Å². The smallest absolute Gasteiger partial charge is 0.246 e. The van der Waals surface area contributed by atoms with Crippen molar-refractivity contribution in [1.29, 1.82) is 0 Å². The van der Waals surface area contributed by atoms with E-state index in [1.165, 1.54) is 25.7 Å². The third-order valence-electron chi connectivity index (χ3n) is 4.16. The van der Waals surface area contributed by atoms with Crippen molar-refractivity contribution in [2.45, 2.75) is 58.3 Å². The summed E-state index contributed by atoms with van der Waals surface area (Å²) in [6.07, 6.45) is 5.47. The molecule has 0 bridgehead atoms. The Morgan fingerprint density at radius 3 is 2.58 bits per heavy atom. The molecule has 1 aromatic rings. The van der Waals surface area contributed by atoms with Crippen LogP contribution in [0.1, 0.15) is 46.5 Å². The Kier molecular flexibility index (Phi) is 3.08. The number of hydrogen-bond donors (Lipinski definition) is 1. The van der Waals surface area contributed by atoms with Crippen LogP contribution in [0.25, 0.3) is 0 Å². The van der Waals surface area contributed by atoms with E-state index >= 15 is 0 Å². The summed E-state index contributed by atoms with van der Waals surface area (Å²) in [5, 5.41) is 3.61. The van der Waals surface area contributed by atoms with Crippen LogP contribution < -0.4 is 14.8 Å². The summed E-state index contributed by atoms with van der Waals surface area (Å²) in [7, 11) is 0. The van der Waals surface area contributed by atoms with E-state index in [2.05, 4.69) is 24.4 Å². The topological polar surface area (TPSA) is 30.5 Å². The highest BCUT2D eigenvalue weighted by Crippen LogP contribution is 2.41. The highest BCUT2D eigenvalue weighted by Gasteiger charge is 2.31. The van der Waals surface area contributed by atoms with Crippen molar-refractivity contribution < 1.29 is 9.47 Å². The molecule has 1 aliphatic carbocycles. The Balaban J connectivity index is 1.70. The second-order valence-electron chi connectivity index (χ2n) is 6.24. The highest BCUT2D eigenvalue weighted by molar-refractivity contribution is 5.56. The molecule has 0 spiro atoms. The number of anilines is 1. The minimum Gasteiger partial charge on any atom is -0.449 e. The van der Waals surface area contributed by atoms with Crippen LogP contribution in [0, 0.1) is 5.92 Å². The summed E-state index contributed by atoms with van der Waals surface area (Å²) >= 11 is 0. The van der Waals surface area contributed by atoms with Gasteiger partial charge in [-0.1, -0.05) is 12.8 Å². The summed E-state index contributed by atoms with van der Waals surface area (Å²) in [6, 6.07) is 6.65. The lowest BCUT2D eigenvalue weighted by atomic mass is 9.99. The van der Waals surface area contributed by atoms with Crippen molar-refractivity contribution in [3.05, 3.63) is 18.2 Å². The van der Waals surface area contributed by atoms with E-state index in [-0.39, 0.29) is 0 Å². The molecule has 2 aliphatic rings. The SMILES string of the molecule is CC(Nc1ccc2c(c1)OC(C)(C)O2)C1CCCC1. The van der Waals surface area contributed by atoms with E-state index < -0.39 is 5.79 Å². The van der Waals surface area contributed by atoms with Crippen molar-refractivity contribution in [3.63, 3.8) is 0 Å². The minimum absolute atomic E-state index is 0.524. The maximum Gasteiger partial charge on any atom is 0.246 e. The number of benzene rings is 1. The summed E-state index contributed by atoms with van der Waals surface area (Å²) < 4.78 is 11.5. The third-order valence-corrected chi connectivity index (χ3v) is 4.16. The molecule has 0 radical (unpaired) electrons. The van der Waals surface area contributed by atoms with E-state index in [1.807, 2.05) is 19.9 Å². The molecule has 19 heavy (non-hydrogen) atoms. The molecule has 1 heterocycles. The molecule has 0 amide bonds. The second kappa shape index (κ2) is 4.62. The minimum atomic E-state index is -0.544. The lowest BCUT2D eigenvalue weighted by Crippen LogP contribution is -2.29. The van der Waals surface area contributed by atoms with Gasteiger partial charge in [-0.05, 0) is 37.8 Å². The van der Waals surface area contributed by atoms with Crippen molar-refractivity contribution in [2.75, 3.05) is 5.32 Å². The summed E-state index contributed by atoms with van der Waals surface area (Å²) in [5.41, 5.74) is 1.12. The maximum atomic E-state index is 5.78. The average Bonchev–Trinajstić information content (AvgIpc) is 2.93. The molecule has 1 aromatic carbocycles. The highest BCUT2D eigenvalue weighted by atomic mass is 16.7. The zero-order valence-corrected chi connectivity index (χ0v) is 12.0. The van der Waals surface area contributed by atoms with Gasteiger partial charge in [0, 0.05) is 31.6 Å². The fraction of sp³-hybridized carbons (Fsp3) is 0.625. The van der Waals surface area contributed by atoms with Crippen LogP contribution in [0.4, 0.5) is 5.69 Å². The molecule has 0 saturated heterocycles. The van der Waals surface area contributed by atoms with E-state index in [9.17, 15) is 0 Å². The first-order valence-corrected chi connectivity index (χ1v) is 7.32. The van der Waals surface area contributed by atoms with Gasteiger partial charge >= 0.3 is 0 Å². The molecule has 1 fully saturated rings. The predicted molar refractivity (Wildman–Crippen MR) is 76.8 cm³/mol. The maximum absolute atomic E-state index is 5.78. The predicted octanol–water partition coefficient (Wildman–Crippen LogP) is 4.18. The first-order chi connectivity index (χ1) is 9.03. The van der Waals surface area contributed by atoms with Gasteiger partial charge in [-0.15, -0.1) is 0 Å². The van der Waals surface area contributed by atoms with E-state index in [0.29, 0.717) is 6.04 Å². The van der Waals surface area contributed by atoms with Gasteiger partial charge in [-0.3, -0.25) is 0 Å². The molecule has 3 nitrogen and oxygen atoms in total. The first-order valence-electron chi connectivity index (χ1n) is 7.32. The van der Waals surface area contributed by atoms with Gasteiger partial charge in [0.05, 0.1) is 0 Å². The van der Waals surface area contributed by atoms with Gasteiger partial charge < -0.3 is 14.8 Å². The number of fused-ring (bicyclic) bond motifs is 1. The molecule has 1 unspecified atom stereocenters. The number of hydrogen-bond acceptors (Lipinski definition) is 3. The molecule has 3 rings (SSSR count). The quantitative estimate of drug-likeness (QED) is 0.885. The summed E-state index contributed by atoms with van der Waals surface area (Å²) in [6.45, 7) is 6.15. The zero-order chi connectivity index (χ0) is 13.5. The third kappa shape index (κ3) is 2.65. The first kappa shape index (κ1) is 12.6. The van der Waals surface area contributed by atoms with Gasteiger partial charge in [-0.25, -0.2) is 0 Å². The molecule has 104 valence electrons. The second-order valence-corrected chi connectivity index (χ2v) is 6.24. The summed E-state index contributed by atoms with van der Waals surface area (Å²) in [5.74, 6) is 1.94. The van der Waals surface area contributed by atoms with Gasteiger partial charge in [0.25, 0.3) is 0 Å². The van der Waals surface area contributed by atoms with Crippen LogP contribution >= 0.6 is 0 Å². The van der Waals surface area contributed by atoms with Gasteiger partial charge in [0.15, 0.2) is 11.5 Å². The molecule has 1 atom stereocenters. The number of ether oxygens (including phenoxy) is 2. The van der Waals surface area contributed by atoms with Crippen LogP contribution in [0.5, 0.6) is 11.5 Å². The lowest BCUT2D eigenvalue weighted by Gasteiger charge is -2.21. The van der Waals surface area contributed by atoms with Gasteiger partial charge in [0.2, 0.25) is 5.79 Å². The molecule has 3 heteroatoms. The van der Waals surface area contributed by atoms with Crippen molar-refractivity contribution in [3.8, 4) is 11.5 Å². The normalized spacial score (nSPS) is 22.5. The van der Waals surface area contributed by atoms with Gasteiger partial charge in [0.1, 0.15) is 0 Å². The molecule has 1 saturated carbocycles. The molecule has 1 aliphatic heterocycles. The van der Waals surface area contributed by atoms with Crippen LogP contribution in [0.3, 0.4) is 0 Å². The Bertz CT molecular complexity index is 464. The zero-order valence-electron chi connectivity index (χ0n) is 12.0. The monoisotopic (exact) mass is 261 g/mol. The molecule has 1 N–H and O–H groups in total. The average molecular weight is 261 g/mol. The largest absolute Gasteiger partial charge is 0.449 e. The van der Waals surface area contributed by atoms with Crippen LogP contribution in [-0.4, -0.2) is 11.8 Å². The fourth-order valence-corrected chi connectivity index (χ4v) is 3.15. The van der Waals surface area contributed by atoms with Crippen LogP contribution in [-0.2, 0) is 0 Å². The standard InChI is InChI=1S/C16H23NO2/c1-11(12-6-4-5-7-12)17-13-8-9-14-15(10-13)19-16(2,3)18-14/h8-12,17H,4-7H2,1-3H3. The Morgan fingerprint density at radius 2 is 1.84 bits per heavy atom. The Labute approximate surface area is 115 Å². The summed E-state index contributed by atoms with van der Waals surface area (Å²) in [4.78, 5) is 0. The van der Waals surface area contributed by atoms with Gasteiger partial charge in [-0.2, -0.15) is 0 Å². The van der Waals surface area contributed by atoms with E-state index in [0.717, 1.165) is 23.1 Å². The van der Waals surface area contributed by atoms with Crippen LogP contribution in [0.15, 0.2) is 18.2 Å². The Hall–Kier alpha value is -1.38. The fourth-order valence-electron chi connectivity index (χ4n) is 3.15. The molecule has 0 aromatic heterocycles. The Morgan fingerprint density at radius 1 is 1.16 bits per heavy atom. The molecular weight excluding hydrogens is 238 g/mol. The van der Waals surface area contributed by atoms with Crippen LogP contribution in [0.2, 0.25) is 0 Å². The molecular formula is C16H23NO2. The van der Waals surface area contributed by atoms with E-state index in [4.69, 9.17) is 9.47 Å². The van der Waals surface area contributed by atoms with Crippen molar-refractivity contribution in [1.82, 2.24) is 0 Å². The number of rotatable bonds is 3.